The van der Waals surface area contributed by atoms with Crippen LogP contribution in [-0.4, -0.2) is 59.3 Å². The first kappa shape index (κ1) is 11.4. The van der Waals surface area contributed by atoms with Gasteiger partial charge < -0.3 is 25.4 Å². The zero-order chi connectivity index (χ0) is 10.7. The molecule has 0 amide bonds. The van der Waals surface area contributed by atoms with Gasteiger partial charge in [0.15, 0.2) is 0 Å². The van der Waals surface area contributed by atoms with Crippen molar-refractivity contribution in [3.8, 4) is 0 Å². The second-order valence-corrected chi connectivity index (χ2v) is 3.34. The largest absolute Gasteiger partial charge is 0.469 e. The number of nitrogens with one attached hydrogen (secondary N) is 1. The Morgan fingerprint density at radius 1 is 1.43 bits per heavy atom. The number of aliphatic hydroxyl groups is 3. The first-order chi connectivity index (χ1) is 6.56. The minimum atomic E-state index is -1.22. The zero-order valence-corrected chi connectivity index (χ0v) is 7.88. The summed E-state index contributed by atoms with van der Waals surface area (Å²) in [5.74, 6) is -0.467. The number of piperidine rings is 1. The van der Waals surface area contributed by atoms with Crippen molar-refractivity contribution in [1.29, 1.82) is 0 Å². The highest BCUT2D eigenvalue weighted by molar-refractivity contribution is 5.70. The summed E-state index contributed by atoms with van der Waals surface area (Å²) in [4.78, 5) is 10.9. The summed E-state index contributed by atoms with van der Waals surface area (Å²) in [5.41, 5.74) is 0. The number of aliphatic hydroxyl groups excluding tert-OH is 3. The molecule has 0 saturated carbocycles. The number of carbonyl (C=O) groups is 1. The third-order valence-electron chi connectivity index (χ3n) is 2.36. The average Bonchev–Trinajstić information content (AvgIpc) is 2.19. The van der Waals surface area contributed by atoms with E-state index >= 15 is 0 Å². The van der Waals surface area contributed by atoms with Gasteiger partial charge in [-0.15, -0.1) is 0 Å². The number of hydrogen-bond acceptors (Lipinski definition) is 6. The summed E-state index contributed by atoms with van der Waals surface area (Å²) < 4.78 is 4.43. The van der Waals surface area contributed by atoms with Gasteiger partial charge in [0, 0.05) is 12.6 Å². The van der Waals surface area contributed by atoms with E-state index in [1.165, 1.54) is 7.11 Å². The van der Waals surface area contributed by atoms with Crippen molar-refractivity contribution in [2.75, 3.05) is 13.7 Å². The Kier molecular flexibility index (Phi) is 3.82. The highest BCUT2D eigenvalue weighted by atomic mass is 16.5. The molecule has 1 saturated heterocycles. The maximum atomic E-state index is 10.9. The Hall–Kier alpha value is -0.690. The molecular weight excluding hydrogens is 190 g/mol. The number of carbonyl (C=O) groups excluding carboxylic acids is 1. The second-order valence-electron chi connectivity index (χ2n) is 3.34. The van der Waals surface area contributed by atoms with Gasteiger partial charge in [-0.3, -0.25) is 4.79 Å². The van der Waals surface area contributed by atoms with E-state index in [-0.39, 0.29) is 13.0 Å². The molecule has 4 atom stereocenters. The van der Waals surface area contributed by atoms with Gasteiger partial charge in [-0.2, -0.15) is 0 Å². The molecule has 0 radical (unpaired) electrons. The number of methoxy groups -OCH3 is 1. The van der Waals surface area contributed by atoms with Crippen molar-refractivity contribution >= 4 is 5.97 Å². The Morgan fingerprint density at radius 2 is 2.07 bits per heavy atom. The van der Waals surface area contributed by atoms with E-state index in [1.807, 2.05) is 0 Å². The molecule has 1 aliphatic rings. The van der Waals surface area contributed by atoms with Crippen LogP contribution < -0.4 is 5.32 Å². The molecule has 0 aromatic carbocycles. The minimum Gasteiger partial charge on any atom is -0.469 e. The van der Waals surface area contributed by atoms with Crippen LogP contribution in [0.4, 0.5) is 0 Å². The summed E-state index contributed by atoms with van der Waals surface area (Å²) >= 11 is 0. The van der Waals surface area contributed by atoms with Crippen molar-refractivity contribution < 1.29 is 24.9 Å². The summed E-state index contributed by atoms with van der Waals surface area (Å²) in [5, 5.41) is 30.7. The van der Waals surface area contributed by atoms with Crippen molar-refractivity contribution in [2.24, 2.45) is 0 Å². The van der Waals surface area contributed by atoms with E-state index in [9.17, 15) is 15.0 Å². The molecular formula is C8H15NO5. The van der Waals surface area contributed by atoms with E-state index in [0.29, 0.717) is 0 Å². The second kappa shape index (κ2) is 4.70. The molecule has 1 fully saturated rings. The number of rotatable bonds is 2. The molecule has 1 aliphatic heterocycles. The molecule has 0 aromatic heterocycles. The van der Waals surface area contributed by atoms with Crippen LogP contribution in [0, 0.1) is 0 Å². The maximum absolute atomic E-state index is 10.9. The van der Waals surface area contributed by atoms with Crippen molar-refractivity contribution in [3.05, 3.63) is 0 Å². The third kappa shape index (κ3) is 2.42. The van der Waals surface area contributed by atoms with E-state index < -0.39 is 30.3 Å². The van der Waals surface area contributed by atoms with Crippen LogP contribution in [0.15, 0.2) is 0 Å². The summed E-state index contributed by atoms with van der Waals surface area (Å²) in [6.07, 6.45) is -3.40. The summed E-state index contributed by atoms with van der Waals surface area (Å²) in [6, 6.07) is -0.569. The van der Waals surface area contributed by atoms with Gasteiger partial charge >= 0.3 is 5.97 Å². The van der Waals surface area contributed by atoms with Crippen LogP contribution in [0.1, 0.15) is 6.42 Å². The highest BCUT2D eigenvalue weighted by Crippen LogP contribution is 2.13. The molecule has 1 rings (SSSR count). The first-order valence-corrected chi connectivity index (χ1v) is 4.40. The number of β-amino-alcohol motifs (C(OH)–C–C–N with tert-alkyl or cyclic N) is 1. The van der Waals surface area contributed by atoms with Crippen LogP contribution in [0.2, 0.25) is 0 Å². The highest BCUT2D eigenvalue weighted by Gasteiger charge is 2.37. The average molecular weight is 205 g/mol. The van der Waals surface area contributed by atoms with E-state index in [0.717, 1.165) is 0 Å². The number of hydrogen-bond donors (Lipinski definition) is 4. The van der Waals surface area contributed by atoms with Crippen LogP contribution in [0.5, 0.6) is 0 Å². The van der Waals surface area contributed by atoms with E-state index in [4.69, 9.17) is 5.11 Å². The Labute approximate surface area is 81.5 Å². The third-order valence-corrected chi connectivity index (χ3v) is 2.36. The van der Waals surface area contributed by atoms with Crippen LogP contribution in [0.3, 0.4) is 0 Å². The van der Waals surface area contributed by atoms with E-state index in [1.54, 1.807) is 0 Å². The topological polar surface area (TPSA) is 99.0 Å². The lowest BCUT2D eigenvalue weighted by Gasteiger charge is -2.35. The Morgan fingerprint density at radius 3 is 2.64 bits per heavy atom. The van der Waals surface area contributed by atoms with Gasteiger partial charge in [0.05, 0.1) is 25.7 Å². The lowest BCUT2D eigenvalue weighted by atomic mass is 9.94. The van der Waals surface area contributed by atoms with Gasteiger partial charge in [0.2, 0.25) is 0 Å². The molecule has 0 aromatic rings. The van der Waals surface area contributed by atoms with Gasteiger partial charge in [0.25, 0.3) is 0 Å². The Bertz CT molecular complexity index is 210. The fourth-order valence-electron chi connectivity index (χ4n) is 1.44. The number of esters is 1. The predicted molar refractivity (Wildman–Crippen MR) is 46.4 cm³/mol. The van der Waals surface area contributed by atoms with E-state index in [2.05, 4.69) is 10.1 Å². The molecule has 1 heterocycles. The van der Waals surface area contributed by atoms with Gasteiger partial charge in [0.1, 0.15) is 6.10 Å². The lowest BCUT2D eigenvalue weighted by molar-refractivity contribution is -0.145. The van der Waals surface area contributed by atoms with Gasteiger partial charge in [-0.05, 0) is 0 Å². The van der Waals surface area contributed by atoms with Crippen molar-refractivity contribution in [1.82, 2.24) is 5.32 Å². The van der Waals surface area contributed by atoms with Crippen molar-refractivity contribution in [2.45, 2.75) is 30.8 Å². The standard InChI is InChI=1S/C8H15NO5/c1-14-6(11)2-4-7(12)8(13)5(10)3-9-4/h4-5,7-10,12-13H,2-3H2,1H3/t4-,5+,7-,8-/m1/s1. The van der Waals surface area contributed by atoms with Crippen LogP contribution in [-0.2, 0) is 9.53 Å². The molecule has 0 unspecified atom stereocenters. The van der Waals surface area contributed by atoms with Crippen molar-refractivity contribution in [3.63, 3.8) is 0 Å². The SMILES string of the molecule is COC(=O)C[C@H]1NC[C@H](O)[C@@H](O)[C@@H]1O. The van der Waals surface area contributed by atoms with Gasteiger partial charge in [-0.1, -0.05) is 0 Å². The molecule has 6 heteroatoms. The number of ether oxygens (including phenoxy) is 1. The first-order valence-electron chi connectivity index (χ1n) is 4.40. The smallest absolute Gasteiger partial charge is 0.307 e. The summed E-state index contributed by atoms with van der Waals surface area (Å²) in [7, 11) is 1.25. The molecule has 0 aliphatic carbocycles. The lowest BCUT2D eigenvalue weighted by Crippen LogP contribution is -2.60. The maximum Gasteiger partial charge on any atom is 0.307 e. The van der Waals surface area contributed by atoms with Gasteiger partial charge in [-0.25, -0.2) is 0 Å². The molecule has 82 valence electrons. The molecule has 4 N–H and O–H groups in total. The molecule has 14 heavy (non-hydrogen) atoms. The van der Waals surface area contributed by atoms with Crippen LogP contribution in [0.25, 0.3) is 0 Å². The predicted octanol–water partition coefficient (Wildman–Crippen LogP) is -2.40. The Balaban J connectivity index is 2.50. The quantitative estimate of drug-likeness (QED) is 0.375. The molecule has 6 nitrogen and oxygen atoms in total. The normalized spacial score (nSPS) is 38.0. The fraction of sp³-hybridized carbons (Fsp3) is 0.875. The minimum absolute atomic E-state index is 0.0263. The fourth-order valence-corrected chi connectivity index (χ4v) is 1.44. The molecule has 0 spiro atoms. The molecule has 0 bridgehead atoms. The van der Waals surface area contributed by atoms with Crippen LogP contribution >= 0.6 is 0 Å². The summed E-state index contributed by atoms with van der Waals surface area (Å²) in [6.45, 7) is 0.153. The zero-order valence-electron chi connectivity index (χ0n) is 7.88. The monoisotopic (exact) mass is 205 g/mol.